The topological polar surface area (TPSA) is 38.3 Å². The number of rotatable bonds is 6. The van der Waals surface area contributed by atoms with E-state index >= 15 is 0 Å². The van der Waals surface area contributed by atoms with Crippen LogP contribution in [0.15, 0.2) is 54.6 Å². The van der Waals surface area contributed by atoms with E-state index in [9.17, 15) is 18.0 Å². The summed E-state index contributed by atoms with van der Waals surface area (Å²) in [5.41, 5.74) is 1.48. The lowest BCUT2D eigenvalue weighted by Crippen LogP contribution is -2.32. The van der Waals surface area contributed by atoms with Crippen molar-refractivity contribution in [2.45, 2.75) is 32.2 Å². The van der Waals surface area contributed by atoms with Gasteiger partial charge in [-0.1, -0.05) is 30.3 Å². The second-order valence-electron chi connectivity index (χ2n) is 5.47. The van der Waals surface area contributed by atoms with Crippen molar-refractivity contribution in [1.29, 1.82) is 0 Å². The SMILES string of the molecule is CC(CCc1ccccc1)NC(=O)c1ccc(OC(F)(F)F)cc1. The van der Waals surface area contributed by atoms with Gasteiger partial charge in [0.15, 0.2) is 0 Å². The molecule has 1 N–H and O–H groups in total. The molecule has 1 unspecified atom stereocenters. The Morgan fingerprint density at radius 3 is 2.29 bits per heavy atom. The standard InChI is InChI=1S/C18H18F3NO2/c1-13(7-8-14-5-3-2-4-6-14)22-17(23)15-9-11-16(12-10-15)24-18(19,20)21/h2-6,9-13H,7-8H2,1H3,(H,22,23). The number of carbonyl (C=O) groups is 1. The first kappa shape index (κ1) is 17.8. The van der Waals surface area contributed by atoms with Gasteiger partial charge in [0.1, 0.15) is 5.75 Å². The summed E-state index contributed by atoms with van der Waals surface area (Å²) in [6.45, 7) is 1.89. The number of ether oxygens (including phenoxy) is 1. The first-order valence-corrected chi connectivity index (χ1v) is 7.54. The number of amides is 1. The van der Waals surface area contributed by atoms with E-state index in [1.165, 1.54) is 17.7 Å². The molecule has 2 aromatic carbocycles. The molecule has 6 heteroatoms. The van der Waals surface area contributed by atoms with Crippen LogP contribution in [0.25, 0.3) is 0 Å². The van der Waals surface area contributed by atoms with Crippen LogP contribution in [0, 0.1) is 0 Å². The summed E-state index contributed by atoms with van der Waals surface area (Å²) < 4.78 is 40.1. The Hall–Kier alpha value is -2.50. The van der Waals surface area contributed by atoms with Gasteiger partial charge in [-0.2, -0.15) is 0 Å². The lowest BCUT2D eigenvalue weighted by atomic mass is 10.1. The zero-order valence-electron chi connectivity index (χ0n) is 13.1. The molecule has 0 heterocycles. The minimum atomic E-state index is -4.74. The molecule has 2 aromatic rings. The quantitative estimate of drug-likeness (QED) is 0.852. The van der Waals surface area contributed by atoms with Gasteiger partial charge < -0.3 is 10.1 Å². The number of hydrogen-bond acceptors (Lipinski definition) is 2. The number of aryl methyl sites for hydroxylation is 1. The molecule has 2 rings (SSSR count). The summed E-state index contributed by atoms with van der Waals surface area (Å²) in [7, 11) is 0. The van der Waals surface area contributed by atoms with Crippen LogP contribution in [-0.4, -0.2) is 18.3 Å². The maximum Gasteiger partial charge on any atom is 0.573 e. The second kappa shape index (κ2) is 7.86. The number of nitrogens with one attached hydrogen (secondary N) is 1. The van der Waals surface area contributed by atoms with Crippen LogP contribution in [0.3, 0.4) is 0 Å². The summed E-state index contributed by atoms with van der Waals surface area (Å²) in [5, 5.41) is 2.83. The zero-order chi connectivity index (χ0) is 17.6. The van der Waals surface area contributed by atoms with Crippen molar-refractivity contribution in [3.05, 3.63) is 65.7 Å². The van der Waals surface area contributed by atoms with E-state index in [0.29, 0.717) is 0 Å². The van der Waals surface area contributed by atoms with Crippen LogP contribution in [-0.2, 0) is 6.42 Å². The van der Waals surface area contributed by atoms with Gasteiger partial charge in [-0.25, -0.2) is 0 Å². The van der Waals surface area contributed by atoms with E-state index in [-0.39, 0.29) is 23.3 Å². The zero-order valence-corrected chi connectivity index (χ0v) is 13.1. The van der Waals surface area contributed by atoms with Crippen molar-refractivity contribution >= 4 is 5.91 Å². The molecule has 0 aromatic heterocycles. The van der Waals surface area contributed by atoms with Gasteiger partial charge in [-0.05, 0) is 49.6 Å². The maximum absolute atomic E-state index is 12.1. The Balaban J connectivity index is 1.85. The number of benzene rings is 2. The van der Waals surface area contributed by atoms with E-state index < -0.39 is 6.36 Å². The van der Waals surface area contributed by atoms with Gasteiger partial charge in [0.25, 0.3) is 5.91 Å². The molecule has 0 aliphatic heterocycles. The first-order chi connectivity index (χ1) is 11.3. The number of halogens is 3. The Bertz CT molecular complexity index is 654. The maximum atomic E-state index is 12.1. The Kier molecular flexibility index (Phi) is 5.84. The number of carbonyl (C=O) groups excluding carboxylic acids is 1. The largest absolute Gasteiger partial charge is 0.573 e. The fourth-order valence-electron chi connectivity index (χ4n) is 2.22. The van der Waals surface area contributed by atoms with E-state index in [0.717, 1.165) is 25.0 Å². The third-order valence-corrected chi connectivity index (χ3v) is 3.44. The summed E-state index contributed by atoms with van der Waals surface area (Å²) >= 11 is 0. The highest BCUT2D eigenvalue weighted by atomic mass is 19.4. The molecule has 1 atom stereocenters. The Labute approximate surface area is 138 Å². The molecule has 0 fully saturated rings. The highest BCUT2D eigenvalue weighted by molar-refractivity contribution is 5.94. The van der Waals surface area contributed by atoms with Gasteiger partial charge in [0.2, 0.25) is 0 Å². The molecule has 0 saturated heterocycles. The Morgan fingerprint density at radius 2 is 1.71 bits per heavy atom. The minimum absolute atomic E-state index is 0.0520. The smallest absolute Gasteiger partial charge is 0.406 e. The van der Waals surface area contributed by atoms with Gasteiger partial charge in [0, 0.05) is 11.6 Å². The third kappa shape index (κ3) is 5.95. The molecule has 3 nitrogen and oxygen atoms in total. The molecule has 128 valence electrons. The lowest BCUT2D eigenvalue weighted by molar-refractivity contribution is -0.274. The van der Waals surface area contributed by atoms with Gasteiger partial charge in [-0.15, -0.1) is 13.2 Å². The molecule has 24 heavy (non-hydrogen) atoms. The predicted octanol–water partition coefficient (Wildman–Crippen LogP) is 4.34. The molecule has 1 amide bonds. The number of hydrogen-bond donors (Lipinski definition) is 1. The Morgan fingerprint density at radius 1 is 1.08 bits per heavy atom. The second-order valence-corrected chi connectivity index (χ2v) is 5.47. The van der Waals surface area contributed by atoms with Crippen LogP contribution >= 0.6 is 0 Å². The summed E-state index contributed by atoms with van der Waals surface area (Å²) in [6.07, 6.45) is -3.14. The average Bonchev–Trinajstić information content (AvgIpc) is 2.53. The van der Waals surface area contributed by atoms with E-state index in [4.69, 9.17) is 0 Å². The summed E-state index contributed by atoms with van der Waals surface area (Å²) in [4.78, 5) is 12.1. The normalized spacial score (nSPS) is 12.5. The molecule has 0 radical (unpaired) electrons. The highest BCUT2D eigenvalue weighted by Gasteiger charge is 2.31. The fourth-order valence-corrected chi connectivity index (χ4v) is 2.22. The molecule has 0 saturated carbocycles. The lowest BCUT2D eigenvalue weighted by Gasteiger charge is -2.14. The molecule has 0 aliphatic carbocycles. The molecule has 0 spiro atoms. The van der Waals surface area contributed by atoms with Gasteiger partial charge >= 0.3 is 6.36 Å². The fraction of sp³-hybridized carbons (Fsp3) is 0.278. The van der Waals surface area contributed by atoms with Crippen LogP contribution in [0.2, 0.25) is 0 Å². The average molecular weight is 337 g/mol. The first-order valence-electron chi connectivity index (χ1n) is 7.54. The van der Waals surface area contributed by atoms with Crippen LogP contribution in [0.4, 0.5) is 13.2 Å². The van der Waals surface area contributed by atoms with Crippen molar-refractivity contribution in [1.82, 2.24) is 5.32 Å². The number of alkyl halides is 3. The van der Waals surface area contributed by atoms with Gasteiger partial charge in [0.05, 0.1) is 0 Å². The summed E-state index contributed by atoms with van der Waals surface area (Å²) in [6, 6.07) is 14.7. The van der Waals surface area contributed by atoms with Crippen molar-refractivity contribution in [3.63, 3.8) is 0 Å². The molecular weight excluding hydrogens is 319 g/mol. The molecule has 0 bridgehead atoms. The van der Waals surface area contributed by atoms with Crippen LogP contribution in [0.1, 0.15) is 29.3 Å². The van der Waals surface area contributed by atoms with E-state index in [1.54, 1.807) is 0 Å². The van der Waals surface area contributed by atoms with Crippen LogP contribution < -0.4 is 10.1 Å². The van der Waals surface area contributed by atoms with Crippen molar-refractivity contribution < 1.29 is 22.7 Å². The van der Waals surface area contributed by atoms with E-state index in [1.807, 2.05) is 37.3 Å². The van der Waals surface area contributed by atoms with Gasteiger partial charge in [-0.3, -0.25) is 4.79 Å². The van der Waals surface area contributed by atoms with Crippen molar-refractivity contribution in [2.24, 2.45) is 0 Å². The monoisotopic (exact) mass is 337 g/mol. The molecule has 0 aliphatic rings. The van der Waals surface area contributed by atoms with Crippen molar-refractivity contribution in [2.75, 3.05) is 0 Å². The van der Waals surface area contributed by atoms with Crippen molar-refractivity contribution in [3.8, 4) is 5.75 Å². The molecular formula is C18H18F3NO2. The third-order valence-electron chi connectivity index (χ3n) is 3.44. The summed E-state index contributed by atoms with van der Waals surface area (Å²) in [5.74, 6) is -0.676. The van der Waals surface area contributed by atoms with Crippen LogP contribution in [0.5, 0.6) is 5.75 Å². The predicted molar refractivity (Wildman–Crippen MR) is 84.8 cm³/mol. The minimum Gasteiger partial charge on any atom is -0.406 e. The highest BCUT2D eigenvalue weighted by Crippen LogP contribution is 2.22. The van der Waals surface area contributed by atoms with E-state index in [2.05, 4.69) is 10.1 Å².